The fraction of sp³-hybridized carbons (Fsp3) is 0.533. The Hall–Kier alpha value is -2.11. The second-order valence-electron chi connectivity index (χ2n) is 5.85. The van der Waals surface area contributed by atoms with Gasteiger partial charge in [-0.1, -0.05) is 6.92 Å². The van der Waals surface area contributed by atoms with E-state index in [1.165, 1.54) is 6.07 Å². The summed E-state index contributed by atoms with van der Waals surface area (Å²) >= 11 is 0. The van der Waals surface area contributed by atoms with Crippen LogP contribution in [0.25, 0.3) is 0 Å². The first-order valence-corrected chi connectivity index (χ1v) is 7.15. The first-order chi connectivity index (χ1) is 9.90. The summed E-state index contributed by atoms with van der Waals surface area (Å²) < 4.78 is 0. The van der Waals surface area contributed by atoms with Gasteiger partial charge in [0.1, 0.15) is 5.69 Å². The lowest BCUT2D eigenvalue weighted by atomic mass is 9.99. The third kappa shape index (κ3) is 3.32. The van der Waals surface area contributed by atoms with Crippen LogP contribution >= 0.6 is 0 Å². The Morgan fingerprint density at radius 1 is 1.43 bits per heavy atom. The largest absolute Gasteiger partial charge is 0.372 e. The molecular weight excluding hydrogens is 270 g/mol. The molecule has 1 atom stereocenters. The summed E-state index contributed by atoms with van der Waals surface area (Å²) in [5.41, 5.74) is 0.862. The SMILES string of the molecule is C[C@H]1CCCN(C(=O)c2ccc(N(C)C)c([N+](=O)[O-])c2)C1. The highest BCUT2D eigenvalue weighted by Gasteiger charge is 2.25. The van der Waals surface area contributed by atoms with Crippen LogP contribution in [0.3, 0.4) is 0 Å². The molecule has 0 aliphatic carbocycles. The zero-order chi connectivity index (χ0) is 15.6. The number of benzene rings is 1. The van der Waals surface area contributed by atoms with Crippen LogP contribution in [0.2, 0.25) is 0 Å². The Balaban J connectivity index is 2.29. The molecule has 6 nitrogen and oxygen atoms in total. The predicted molar refractivity (Wildman–Crippen MR) is 81.7 cm³/mol. The number of piperidine rings is 1. The van der Waals surface area contributed by atoms with Gasteiger partial charge in [0.05, 0.1) is 4.92 Å². The predicted octanol–water partition coefficient (Wildman–Crippen LogP) is 2.53. The van der Waals surface area contributed by atoms with Crippen LogP contribution in [0.1, 0.15) is 30.1 Å². The molecule has 2 rings (SSSR count). The van der Waals surface area contributed by atoms with Crippen LogP contribution in [0.4, 0.5) is 11.4 Å². The molecule has 1 amide bonds. The number of hydrogen-bond donors (Lipinski definition) is 0. The number of amides is 1. The van der Waals surface area contributed by atoms with Crippen molar-refractivity contribution >= 4 is 17.3 Å². The van der Waals surface area contributed by atoms with Crippen molar-refractivity contribution in [2.75, 3.05) is 32.1 Å². The van der Waals surface area contributed by atoms with Crippen molar-refractivity contribution in [3.05, 3.63) is 33.9 Å². The standard InChI is InChI=1S/C15H21N3O3/c1-11-5-4-8-17(10-11)15(19)12-6-7-13(16(2)3)14(9-12)18(20)21/h6-7,9,11H,4-5,8,10H2,1-3H3/t11-/m0/s1. The van der Waals surface area contributed by atoms with Crippen molar-refractivity contribution in [3.8, 4) is 0 Å². The summed E-state index contributed by atoms with van der Waals surface area (Å²) in [5, 5.41) is 11.2. The Kier molecular flexibility index (Phi) is 4.45. The van der Waals surface area contributed by atoms with Crippen molar-refractivity contribution in [3.63, 3.8) is 0 Å². The van der Waals surface area contributed by atoms with Crippen LogP contribution in [-0.2, 0) is 0 Å². The minimum Gasteiger partial charge on any atom is -0.372 e. The van der Waals surface area contributed by atoms with E-state index in [0.29, 0.717) is 17.2 Å². The van der Waals surface area contributed by atoms with Gasteiger partial charge in [0, 0.05) is 38.8 Å². The normalized spacial score (nSPS) is 18.4. The first-order valence-electron chi connectivity index (χ1n) is 7.15. The van der Waals surface area contributed by atoms with Gasteiger partial charge in [-0.05, 0) is 30.9 Å². The molecule has 1 aliphatic heterocycles. The van der Waals surface area contributed by atoms with E-state index in [1.54, 1.807) is 36.0 Å². The number of carbonyl (C=O) groups is 1. The van der Waals surface area contributed by atoms with Gasteiger partial charge in [0.2, 0.25) is 0 Å². The molecule has 114 valence electrons. The summed E-state index contributed by atoms with van der Waals surface area (Å²) in [6.45, 7) is 3.57. The summed E-state index contributed by atoms with van der Waals surface area (Å²) in [5.74, 6) is 0.369. The number of hydrogen-bond acceptors (Lipinski definition) is 4. The highest BCUT2D eigenvalue weighted by Crippen LogP contribution is 2.28. The maximum atomic E-state index is 12.5. The Morgan fingerprint density at radius 2 is 2.14 bits per heavy atom. The van der Waals surface area contributed by atoms with Crippen LogP contribution in [0, 0.1) is 16.0 Å². The molecule has 1 aliphatic rings. The van der Waals surface area contributed by atoms with Gasteiger partial charge in [-0.2, -0.15) is 0 Å². The van der Waals surface area contributed by atoms with E-state index >= 15 is 0 Å². The van der Waals surface area contributed by atoms with Crippen LogP contribution in [-0.4, -0.2) is 42.9 Å². The average Bonchev–Trinajstić information content (AvgIpc) is 2.45. The van der Waals surface area contributed by atoms with E-state index in [4.69, 9.17) is 0 Å². The molecule has 0 saturated carbocycles. The lowest BCUT2D eigenvalue weighted by Crippen LogP contribution is -2.39. The Bertz CT molecular complexity index is 557. The molecule has 21 heavy (non-hydrogen) atoms. The summed E-state index contributed by atoms with van der Waals surface area (Å²) in [4.78, 5) is 26.7. The summed E-state index contributed by atoms with van der Waals surface area (Å²) in [6.07, 6.45) is 2.12. The van der Waals surface area contributed by atoms with Crippen molar-refractivity contribution in [2.24, 2.45) is 5.92 Å². The molecule has 1 heterocycles. The fourth-order valence-corrected chi connectivity index (χ4v) is 2.74. The molecule has 0 radical (unpaired) electrons. The second-order valence-corrected chi connectivity index (χ2v) is 5.85. The van der Waals surface area contributed by atoms with Gasteiger partial charge in [0.15, 0.2) is 0 Å². The van der Waals surface area contributed by atoms with Gasteiger partial charge in [-0.25, -0.2) is 0 Å². The van der Waals surface area contributed by atoms with Crippen molar-refractivity contribution in [1.29, 1.82) is 0 Å². The molecule has 1 aromatic rings. The minimum absolute atomic E-state index is 0.0316. The smallest absolute Gasteiger partial charge is 0.293 e. The van der Waals surface area contributed by atoms with E-state index < -0.39 is 4.92 Å². The van der Waals surface area contributed by atoms with E-state index in [0.717, 1.165) is 25.9 Å². The molecule has 1 saturated heterocycles. The van der Waals surface area contributed by atoms with Crippen LogP contribution in [0.15, 0.2) is 18.2 Å². The van der Waals surface area contributed by atoms with Crippen molar-refractivity contribution in [1.82, 2.24) is 4.90 Å². The number of carbonyl (C=O) groups excluding carboxylic acids is 1. The molecule has 0 unspecified atom stereocenters. The topological polar surface area (TPSA) is 66.7 Å². The summed E-state index contributed by atoms with van der Waals surface area (Å²) in [7, 11) is 3.49. The molecule has 0 bridgehead atoms. The Labute approximate surface area is 124 Å². The molecule has 1 fully saturated rings. The number of nitro groups is 1. The number of anilines is 1. The van der Waals surface area contributed by atoms with Crippen molar-refractivity contribution in [2.45, 2.75) is 19.8 Å². The third-order valence-corrected chi connectivity index (χ3v) is 3.85. The zero-order valence-electron chi connectivity index (χ0n) is 12.7. The molecule has 1 aromatic carbocycles. The maximum Gasteiger partial charge on any atom is 0.293 e. The highest BCUT2D eigenvalue weighted by molar-refractivity contribution is 5.95. The first kappa shape index (κ1) is 15.3. The van der Waals surface area contributed by atoms with Gasteiger partial charge in [-0.15, -0.1) is 0 Å². The number of likely N-dealkylation sites (tertiary alicyclic amines) is 1. The monoisotopic (exact) mass is 291 g/mol. The molecule has 0 aromatic heterocycles. The average molecular weight is 291 g/mol. The number of nitro benzene ring substituents is 1. The number of nitrogens with zero attached hydrogens (tertiary/aromatic N) is 3. The molecule has 0 spiro atoms. The minimum atomic E-state index is -0.440. The van der Waals surface area contributed by atoms with E-state index in [9.17, 15) is 14.9 Å². The third-order valence-electron chi connectivity index (χ3n) is 3.85. The van der Waals surface area contributed by atoms with Gasteiger partial charge in [-0.3, -0.25) is 14.9 Å². The molecular formula is C15H21N3O3. The fourth-order valence-electron chi connectivity index (χ4n) is 2.74. The van der Waals surface area contributed by atoms with E-state index in [-0.39, 0.29) is 11.6 Å². The van der Waals surface area contributed by atoms with E-state index in [2.05, 4.69) is 6.92 Å². The van der Waals surface area contributed by atoms with Crippen LogP contribution < -0.4 is 4.90 Å². The quantitative estimate of drug-likeness (QED) is 0.634. The van der Waals surface area contributed by atoms with Gasteiger partial charge in [0.25, 0.3) is 11.6 Å². The Morgan fingerprint density at radius 3 is 2.71 bits per heavy atom. The van der Waals surface area contributed by atoms with Crippen molar-refractivity contribution < 1.29 is 9.72 Å². The van der Waals surface area contributed by atoms with Crippen LogP contribution in [0.5, 0.6) is 0 Å². The zero-order valence-corrected chi connectivity index (χ0v) is 12.7. The molecule has 0 N–H and O–H groups in total. The second kappa shape index (κ2) is 6.11. The lowest BCUT2D eigenvalue weighted by molar-refractivity contribution is -0.384. The van der Waals surface area contributed by atoms with Gasteiger partial charge >= 0.3 is 0 Å². The van der Waals surface area contributed by atoms with E-state index in [1.807, 2.05) is 0 Å². The molecule has 6 heteroatoms. The maximum absolute atomic E-state index is 12.5. The number of rotatable bonds is 3. The lowest BCUT2D eigenvalue weighted by Gasteiger charge is -2.31. The van der Waals surface area contributed by atoms with Gasteiger partial charge < -0.3 is 9.80 Å². The summed E-state index contributed by atoms with van der Waals surface area (Å²) in [6, 6.07) is 4.69. The highest BCUT2D eigenvalue weighted by atomic mass is 16.6.